The van der Waals surface area contributed by atoms with Gasteiger partial charge in [-0.15, -0.1) is 0 Å². The van der Waals surface area contributed by atoms with Crippen molar-refractivity contribution in [3.63, 3.8) is 0 Å². The van der Waals surface area contributed by atoms with Gasteiger partial charge in [0.2, 0.25) is 0 Å². The van der Waals surface area contributed by atoms with Gasteiger partial charge in [-0.05, 0) is 37.1 Å². The maximum absolute atomic E-state index is 5.97. The van der Waals surface area contributed by atoms with Crippen LogP contribution >= 0.6 is 11.6 Å². The molecule has 1 aliphatic rings. The van der Waals surface area contributed by atoms with Gasteiger partial charge in [0.15, 0.2) is 0 Å². The molecule has 1 N–H and O–H groups in total. The fourth-order valence-corrected chi connectivity index (χ4v) is 2.47. The highest BCUT2D eigenvalue weighted by molar-refractivity contribution is 6.31. The maximum atomic E-state index is 5.97. The first kappa shape index (κ1) is 11.8. The van der Waals surface area contributed by atoms with Crippen LogP contribution in [0.5, 0.6) is 0 Å². The van der Waals surface area contributed by atoms with Crippen molar-refractivity contribution >= 4 is 28.2 Å². The van der Waals surface area contributed by atoms with E-state index in [4.69, 9.17) is 16.3 Å². The van der Waals surface area contributed by atoms with Gasteiger partial charge in [-0.3, -0.25) is 4.98 Å². The van der Waals surface area contributed by atoms with E-state index in [-0.39, 0.29) is 0 Å². The number of benzene rings is 1. The zero-order valence-electron chi connectivity index (χ0n) is 10.0. The highest BCUT2D eigenvalue weighted by Crippen LogP contribution is 2.24. The third-order valence-corrected chi connectivity index (χ3v) is 3.48. The van der Waals surface area contributed by atoms with E-state index in [9.17, 15) is 0 Å². The SMILES string of the molecule is Clc1ccc2c(NCC3CCCO3)ccnc2c1. The lowest BCUT2D eigenvalue weighted by Crippen LogP contribution is -2.18. The van der Waals surface area contributed by atoms with Crippen molar-refractivity contribution in [1.82, 2.24) is 4.98 Å². The van der Waals surface area contributed by atoms with Crippen molar-refractivity contribution < 1.29 is 4.74 Å². The number of aromatic nitrogens is 1. The fourth-order valence-electron chi connectivity index (χ4n) is 2.30. The lowest BCUT2D eigenvalue weighted by molar-refractivity contribution is 0.120. The Morgan fingerprint density at radius 1 is 1.39 bits per heavy atom. The average molecular weight is 263 g/mol. The molecule has 0 radical (unpaired) electrons. The van der Waals surface area contributed by atoms with E-state index in [1.54, 1.807) is 6.20 Å². The summed E-state index contributed by atoms with van der Waals surface area (Å²) in [4.78, 5) is 4.33. The van der Waals surface area contributed by atoms with Crippen LogP contribution in [0.25, 0.3) is 10.9 Å². The maximum Gasteiger partial charge on any atom is 0.0748 e. The standard InChI is InChI=1S/C14H15ClN2O/c15-10-3-4-12-13(5-6-16-14(12)8-10)17-9-11-2-1-7-18-11/h3-6,8,11H,1-2,7,9H2,(H,16,17). The van der Waals surface area contributed by atoms with Gasteiger partial charge in [0.1, 0.15) is 0 Å². The molecule has 1 aliphatic heterocycles. The normalized spacial score (nSPS) is 19.3. The Labute approximate surface area is 111 Å². The Kier molecular flexibility index (Phi) is 3.35. The van der Waals surface area contributed by atoms with Gasteiger partial charge in [0.25, 0.3) is 0 Å². The molecule has 0 spiro atoms. The number of hydrogen-bond donors (Lipinski definition) is 1. The Balaban J connectivity index is 1.82. The van der Waals surface area contributed by atoms with Gasteiger partial charge < -0.3 is 10.1 Å². The van der Waals surface area contributed by atoms with E-state index in [2.05, 4.69) is 10.3 Å². The second-order valence-corrected chi connectivity index (χ2v) is 4.97. The smallest absolute Gasteiger partial charge is 0.0748 e. The Hall–Kier alpha value is -1.32. The van der Waals surface area contributed by atoms with Crippen molar-refractivity contribution in [2.24, 2.45) is 0 Å². The summed E-state index contributed by atoms with van der Waals surface area (Å²) in [5, 5.41) is 5.25. The number of ether oxygens (including phenoxy) is 1. The van der Waals surface area contributed by atoms with Crippen LogP contribution in [0.1, 0.15) is 12.8 Å². The average Bonchev–Trinajstić information content (AvgIpc) is 2.89. The first-order chi connectivity index (χ1) is 8.83. The lowest BCUT2D eigenvalue weighted by atomic mass is 10.1. The highest BCUT2D eigenvalue weighted by atomic mass is 35.5. The summed E-state index contributed by atoms with van der Waals surface area (Å²) in [6.45, 7) is 1.74. The van der Waals surface area contributed by atoms with Crippen LogP contribution in [0, 0.1) is 0 Å². The van der Waals surface area contributed by atoms with Crippen molar-refractivity contribution in [3.8, 4) is 0 Å². The second-order valence-electron chi connectivity index (χ2n) is 4.54. The van der Waals surface area contributed by atoms with Gasteiger partial charge >= 0.3 is 0 Å². The molecule has 0 aliphatic carbocycles. The molecule has 3 nitrogen and oxygen atoms in total. The summed E-state index contributed by atoms with van der Waals surface area (Å²) < 4.78 is 5.61. The molecule has 1 atom stereocenters. The zero-order valence-corrected chi connectivity index (χ0v) is 10.8. The summed E-state index contributed by atoms with van der Waals surface area (Å²) >= 11 is 5.97. The molecular weight excluding hydrogens is 248 g/mol. The first-order valence-electron chi connectivity index (χ1n) is 6.23. The molecule has 0 saturated carbocycles. The van der Waals surface area contributed by atoms with E-state index in [1.165, 1.54) is 6.42 Å². The number of nitrogens with one attached hydrogen (secondary N) is 1. The fraction of sp³-hybridized carbons (Fsp3) is 0.357. The van der Waals surface area contributed by atoms with Crippen LogP contribution < -0.4 is 5.32 Å². The number of rotatable bonds is 3. The summed E-state index contributed by atoms with van der Waals surface area (Å²) in [6.07, 6.45) is 4.44. The van der Waals surface area contributed by atoms with Crippen molar-refractivity contribution in [3.05, 3.63) is 35.5 Å². The minimum absolute atomic E-state index is 0.334. The molecule has 2 heterocycles. The van der Waals surface area contributed by atoms with Gasteiger partial charge in [-0.1, -0.05) is 11.6 Å². The predicted molar refractivity (Wildman–Crippen MR) is 74.2 cm³/mol. The summed E-state index contributed by atoms with van der Waals surface area (Å²) in [7, 11) is 0. The van der Waals surface area contributed by atoms with Gasteiger partial charge in [0, 0.05) is 35.4 Å². The van der Waals surface area contributed by atoms with E-state index in [1.807, 2.05) is 24.3 Å². The summed E-state index contributed by atoms with van der Waals surface area (Å²) in [5.41, 5.74) is 2.01. The predicted octanol–water partition coefficient (Wildman–Crippen LogP) is 3.48. The van der Waals surface area contributed by atoms with Crippen LogP contribution in [0.2, 0.25) is 5.02 Å². The molecule has 94 valence electrons. The monoisotopic (exact) mass is 262 g/mol. The van der Waals surface area contributed by atoms with Gasteiger partial charge in [-0.25, -0.2) is 0 Å². The molecule has 4 heteroatoms. The molecule has 1 aromatic heterocycles. The van der Waals surface area contributed by atoms with E-state index >= 15 is 0 Å². The van der Waals surface area contributed by atoms with Crippen molar-refractivity contribution in [2.45, 2.75) is 18.9 Å². The lowest BCUT2D eigenvalue weighted by Gasteiger charge is -2.13. The topological polar surface area (TPSA) is 34.1 Å². The Morgan fingerprint density at radius 3 is 3.17 bits per heavy atom. The number of nitrogens with zero attached hydrogens (tertiary/aromatic N) is 1. The van der Waals surface area contributed by atoms with E-state index in [0.29, 0.717) is 11.1 Å². The molecule has 0 amide bonds. The number of fused-ring (bicyclic) bond motifs is 1. The minimum atomic E-state index is 0.334. The van der Waals surface area contributed by atoms with Crippen LogP contribution in [-0.2, 0) is 4.74 Å². The molecule has 18 heavy (non-hydrogen) atoms. The van der Waals surface area contributed by atoms with Crippen molar-refractivity contribution in [1.29, 1.82) is 0 Å². The quantitative estimate of drug-likeness (QED) is 0.920. The van der Waals surface area contributed by atoms with E-state index < -0.39 is 0 Å². The summed E-state index contributed by atoms with van der Waals surface area (Å²) in [5.74, 6) is 0. The molecule has 0 bridgehead atoms. The molecule has 1 unspecified atom stereocenters. The molecule has 1 fully saturated rings. The van der Waals surface area contributed by atoms with Crippen LogP contribution in [0.15, 0.2) is 30.5 Å². The molecule has 1 aromatic carbocycles. The van der Waals surface area contributed by atoms with Crippen LogP contribution in [-0.4, -0.2) is 24.2 Å². The molecular formula is C14H15ClN2O. The number of anilines is 1. The van der Waals surface area contributed by atoms with Gasteiger partial charge in [0.05, 0.1) is 11.6 Å². The Bertz CT molecular complexity index is 552. The third kappa shape index (κ3) is 2.42. The number of halogens is 1. The van der Waals surface area contributed by atoms with Crippen LogP contribution in [0.3, 0.4) is 0 Å². The molecule has 3 rings (SSSR count). The van der Waals surface area contributed by atoms with E-state index in [0.717, 1.165) is 36.2 Å². The third-order valence-electron chi connectivity index (χ3n) is 3.25. The minimum Gasteiger partial charge on any atom is -0.382 e. The number of hydrogen-bond acceptors (Lipinski definition) is 3. The molecule has 1 saturated heterocycles. The van der Waals surface area contributed by atoms with Gasteiger partial charge in [-0.2, -0.15) is 0 Å². The van der Waals surface area contributed by atoms with Crippen LogP contribution in [0.4, 0.5) is 5.69 Å². The highest BCUT2D eigenvalue weighted by Gasteiger charge is 2.15. The second kappa shape index (κ2) is 5.12. The largest absolute Gasteiger partial charge is 0.382 e. The summed E-state index contributed by atoms with van der Waals surface area (Å²) in [6, 6.07) is 7.77. The number of pyridine rings is 1. The molecule has 2 aromatic rings. The first-order valence-corrected chi connectivity index (χ1v) is 6.60. The Morgan fingerprint density at radius 2 is 2.33 bits per heavy atom. The van der Waals surface area contributed by atoms with Crippen molar-refractivity contribution in [2.75, 3.05) is 18.5 Å². The zero-order chi connectivity index (χ0) is 12.4.